The van der Waals surface area contributed by atoms with E-state index in [-0.39, 0.29) is 0 Å². The maximum Gasteiger partial charge on any atom is 0.226 e. The molecule has 2 heterocycles. The maximum atomic E-state index is 6.00. The molecule has 0 radical (unpaired) electrons. The van der Waals surface area contributed by atoms with Crippen molar-refractivity contribution in [2.24, 2.45) is 0 Å². The first-order valence-electron chi connectivity index (χ1n) is 6.74. The molecule has 0 saturated heterocycles. The lowest BCUT2D eigenvalue weighted by Gasteiger charge is -2.09. The molecule has 3 N–H and O–H groups in total. The van der Waals surface area contributed by atoms with Gasteiger partial charge in [-0.05, 0) is 24.6 Å². The van der Waals surface area contributed by atoms with Crippen molar-refractivity contribution >= 4 is 40.2 Å². The molecule has 0 unspecified atom stereocenters. The molecule has 0 aliphatic heterocycles. The summed E-state index contributed by atoms with van der Waals surface area (Å²) in [6, 6.07) is 7.47. The maximum absolute atomic E-state index is 6.00. The summed E-state index contributed by atoms with van der Waals surface area (Å²) in [6.07, 6.45) is 2.60. The number of rotatable bonds is 5. The minimum Gasteiger partial charge on any atom is -0.354 e. The second-order valence-corrected chi connectivity index (χ2v) is 5.00. The number of halogens is 1. The number of aromatic nitrogens is 4. The second-order valence-electron chi connectivity index (χ2n) is 4.56. The van der Waals surface area contributed by atoms with Crippen LogP contribution < -0.4 is 10.6 Å². The molecule has 21 heavy (non-hydrogen) atoms. The minimum absolute atomic E-state index is 0.556. The highest BCUT2D eigenvalue weighted by Gasteiger charge is 2.10. The third kappa shape index (κ3) is 3.05. The van der Waals surface area contributed by atoms with Gasteiger partial charge in [0.2, 0.25) is 5.95 Å². The predicted octanol–water partition coefficient (Wildman–Crippen LogP) is 3.57. The van der Waals surface area contributed by atoms with Crippen molar-refractivity contribution in [3.05, 3.63) is 35.6 Å². The van der Waals surface area contributed by atoms with Gasteiger partial charge in [0.05, 0.1) is 6.33 Å². The molecule has 0 saturated carbocycles. The molecule has 0 fully saturated rings. The molecular formula is C14H15ClN6. The van der Waals surface area contributed by atoms with E-state index in [1.807, 2.05) is 24.3 Å². The zero-order valence-electron chi connectivity index (χ0n) is 11.5. The standard InChI is InChI=1S/C14H15ClN6/c1-2-6-16-14-20-12-11(17-8-18-12)13(21-14)19-10-5-3-4-9(15)7-10/h3-5,7-8H,2,6H2,1H3,(H3,16,17,18,19,20,21). The van der Waals surface area contributed by atoms with Crippen LogP contribution in [0.4, 0.5) is 17.5 Å². The Balaban J connectivity index is 1.97. The first-order chi connectivity index (χ1) is 10.3. The minimum atomic E-state index is 0.556. The third-order valence-corrected chi connectivity index (χ3v) is 3.14. The summed E-state index contributed by atoms with van der Waals surface area (Å²) in [4.78, 5) is 16.1. The fraction of sp³-hybridized carbons (Fsp3) is 0.214. The predicted molar refractivity (Wildman–Crippen MR) is 85.2 cm³/mol. The topological polar surface area (TPSA) is 78.5 Å². The first kappa shape index (κ1) is 13.6. The largest absolute Gasteiger partial charge is 0.354 e. The quantitative estimate of drug-likeness (QED) is 0.671. The average Bonchev–Trinajstić information content (AvgIpc) is 2.94. The van der Waals surface area contributed by atoms with Crippen molar-refractivity contribution in [1.29, 1.82) is 0 Å². The first-order valence-corrected chi connectivity index (χ1v) is 7.11. The van der Waals surface area contributed by atoms with Gasteiger partial charge in [0.25, 0.3) is 0 Å². The molecule has 0 atom stereocenters. The lowest BCUT2D eigenvalue weighted by Crippen LogP contribution is -2.06. The molecule has 0 amide bonds. The highest BCUT2D eigenvalue weighted by Crippen LogP contribution is 2.24. The molecule has 7 heteroatoms. The van der Waals surface area contributed by atoms with E-state index in [0.717, 1.165) is 24.2 Å². The lowest BCUT2D eigenvalue weighted by atomic mass is 10.3. The van der Waals surface area contributed by atoms with E-state index in [0.29, 0.717) is 22.4 Å². The number of hydrogen-bond donors (Lipinski definition) is 3. The van der Waals surface area contributed by atoms with Crippen molar-refractivity contribution in [2.45, 2.75) is 13.3 Å². The number of nitrogens with zero attached hydrogens (tertiary/aromatic N) is 3. The van der Waals surface area contributed by atoms with Crippen LogP contribution >= 0.6 is 11.6 Å². The Labute approximate surface area is 127 Å². The Morgan fingerprint density at radius 1 is 1.29 bits per heavy atom. The van der Waals surface area contributed by atoms with E-state index in [9.17, 15) is 0 Å². The zero-order chi connectivity index (χ0) is 14.7. The Morgan fingerprint density at radius 3 is 3.00 bits per heavy atom. The number of fused-ring (bicyclic) bond motifs is 1. The average molecular weight is 303 g/mol. The molecule has 2 aromatic heterocycles. The SMILES string of the molecule is CCCNc1nc(Nc2cccc(Cl)c2)c2[nH]cnc2n1. The van der Waals surface area contributed by atoms with Gasteiger partial charge in [-0.25, -0.2) is 4.98 Å². The smallest absolute Gasteiger partial charge is 0.226 e. The van der Waals surface area contributed by atoms with Crippen LogP contribution in [0.3, 0.4) is 0 Å². The van der Waals surface area contributed by atoms with Gasteiger partial charge in [-0.1, -0.05) is 24.6 Å². The van der Waals surface area contributed by atoms with Crippen LogP contribution in [-0.2, 0) is 0 Å². The van der Waals surface area contributed by atoms with Crippen molar-refractivity contribution < 1.29 is 0 Å². The van der Waals surface area contributed by atoms with Crippen LogP contribution in [-0.4, -0.2) is 26.5 Å². The summed E-state index contributed by atoms with van der Waals surface area (Å²) in [5.41, 5.74) is 2.24. The van der Waals surface area contributed by atoms with E-state index in [1.165, 1.54) is 0 Å². The summed E-state index contributed by atoms with van der Waals surface area (Å²) >= 11 is 6.00. The number of benzene rings is 1. The van der Waals surface area contributed by atoms with E-state index in [2.05, 4.69) is 37.5 Å². The Morgan fingerprint density at radius 2 is 2.19 bits per heavy atom. The molecule has 6 nitrogen and oxygen atoms in total. The van der Waals surface area contributed by atoms with Crippen LogP contribution in [0.1, 0.15) is 13.3 Å². The van der Waals surface area contributed by atoms with Crippen LogP contribution in [0.2, 0.25) is 5.02 Å². The zero-order valence-corrected chi connectivity index (χ0v) is 12.3. The van der Waals surface area contributed by atoms with Gasteiger partial charge in [-0.3, -0.25) is 0 Å². The van der Waals surface area contributed by atoms with Crippen LogP contribution in [0.15, 0.2) is 30.6 Å². The number of H-pyrrole nitrogens is 1. The molecule has 1 aromatic carbocycles. The molecule has 3 rings (SSSR count). The number of aromatic amines is 1. The molecule has 3 aromatic rings. The van der Waals surface area contributed by atoms with Gasteiger partial charge in [-0.2, -0.15) is 9.97 Å². The van der Waals surface area contributed by atoms with E-state index >= 15 is 0 Å². The fourth-order valence-corrected chi connectivity index (χ4v) is 2.13. The third-order valence-electron chi connectivity index (χ3n) is 2.91. The van der Waals surface area contributed by atoms with Crippen LogP contribution in [0, 0.1) is 0 Å². The molecule has 0 aliphatic rings. The Bertz CT molecular complexity index is 754. The van der Waals surface area contributed by atoms with E-state index < -0.39 is 0 Å². The van der Waals surface area contributed by atoms with E-state index in [1.54, 1.807) is 6.33 Å². The van der Waals surface area contributed by atoms with Gasteiger partial charge in [-0.15, -0.1) is 0 Å². The van der Waals surface area contributed by atoms with Gasteiger partial charge in [0.1, 0.15) is 5.52 Å². The number of anilines is 3. The van der Waals surface area contributed by atoms with Crippen molar-refractivity contribution in [3.63, 3.8) is 0 Å². The normalized spacial score (nSPS) is 10.8. The fourth-order valence-electron chi connectivity index (χ4n) is 1.94. The highest BCUT2D eigenvalue weighted by molar-refractivity contribution is 6.30. The lowest BCUT2D eigenvalue weighted by molar-refractivity contribution is 0.956. The van der Waals surface area contributed by atoms with Gasteiger partial charge in [0.15, 0.2) is 11.5 Å². The van der Waals surface area contributed by atoms with Gasteiger partial charge < -0.3 is 15.6 Å². The van der Waals surface area contributed by atoms with Crippen molar-refractivity contribution in [3.8, 4) is 0 Å². The van der Waals surface area contributed by atoms with Gasteiger partial charge in [0, 0.05) is 17.3 Å². The summed E-state index contributed by atoms with van der Waals surface area (Å²) < 4.78 is 0. The number of imidazole rings is 1. The van der Waals surface area contributed by atoms with Crippen molar-refractivity contribution in [2.75, 3.05) is 17.2 Å². The summed E-state index contributed by atoms with van der Waals surface area (Å²) in [7, 11) is 0. The number of hydrogen-bond acceptors (Lipinski definition) is 5. The molecule has 0 bridgehead atoms. The number of nitrogens with one attached hydrogen (secondary N) is 3. The molecule has 0 aliphatic carbocycles. The monoisotopic (exact) mass is 302 g/mol. The summed E-state index contributed by atoms with van der Waals surface area (Å²) in [5, 5.41) is 7.08. The highest BCUT2D eigenvalue weighted by atomic mass is 35.5. The van der Waals surface area contributed by atoms with Crippen LogP contribution in [0.5, 0.6) is 0 Å². The molecular weight excluding hydrogens is 288 g/mol. The van der Waals surface area contributed by atoms with E-state index in [4.69, 9.17) is 11.6 Å². The Kier molecular flexibility index (Phi) is 3.87. The summed E-state index contributed by atoms with van der Waals surface area (Å²) in [5.74, 6) is 1.22. The van der Waals surface area contributed by atoms with Crippen molar-refractivity contribution in [1.82, 2.24) is 19.9 Å². The Hall–Kier alpha value is -2.34. The molecule has 0 spiro atoms. The summed E-state index contributed by atoms with van der Waals surface area (Å²) in [6.45, 7) is 2.90. The second kappa shape index (κ2) is 5.97. The van der Waals surface area contributed by atoms with Crippen LogP contribution in [0.25, 0.3) is 11.2 Å². The molecule has 108 valence electrons. The van der Waals surface area contributed by atoms with Gasteiger partial charge >= 0.3 is 0 Å².